The lowest BCUT2D eigenvalue weighted by molar-refractivity contribution is -0.0636. The van der Waals surface area contributed by atoms with E-state index in [1.165, 1.54) is 12.1 Å². The Balaban J connectivity index is 1.71. The Kier molecular flexibility index (Phi) is 4.72. The quantitative estimate of drug-likeness (QED) is 0.928. The Bertz CT molecular complexity index is 572. The van der Waals surface area contributed by atoms with Crippen molar-refractivity contribution in [3.05, 3.63) is 35.1 Å². The highest BCUT2D eigenvalue weighted by Gasteiger charge is 2.37. The van der Waals surface area contributed by atoms with E-state index in [1.54, 1.807) is 0 Å². The number of hydrogen-bond donors (Lipinski definition) is 1. The van der Waals surface area contributed by atoms with Crippen LogP contribution in [0.2, 0.25) is 0 Å². The van der Waals surface area contributed by atoms with E-state index in [-0.39, 0.29) is 23.6 Å². The third-order valence-corrected chi connectivity index (χ3v) is 4.81. The third kappa shape index (κ3) is 3.14. The first-order valence-electron chi connectivity index (χ1n) is 7.87. The van der Waals surface area contributed by atoms with Gasteiger partial charge in [-0.3, -0.25) is 4.90 Å². The van der Waals surface area contributed by atoms with E-state index in [9.17, 15) is 9.50 Å². The highest BCUT2D eigenvalue weighted by atomic mass is 19.1. The van der Waals surface area contributed by atoms with E-state index in [0.717, 1.165) is 24.9 Å². The lowest BCUT2D eigenvalue weighted by Crippen LogP contribution is -2.45. The fourth-order valence-corrected chi connectivity index (χ4v) is 3.63. The average Bonchev–Trinajstić information content (AvgIpc) is 2.96. The van der Waals surface area contributed by atoms with Crippen molar-refractivity contribution in [2.24, 2.45) is 5.92 Å². The molecule has 2 fully saturated rings. The van der Waals surface area contributed by atoms with Crippen molar-refractivity contribution in [3.8, 4) is 6.07 Å². The lowest BCUT2D eigenvalue weighted by atomic mass is 9.89. The average molecular weight is 304 g/mol. The zero-order chi connectivity index (χ0) is 15.5. The number of nitrogens with zero attached hydrogens (tertiary/aromatic N) is 2. The summed E-state index contributed by atoms with van der Waals surface area (Å²) in [6, 6.07) is 6.92. The van der Waals surface area contributed by atoms with E-state index < -0.39 is 5.82 Å². The molecule has 0 bridgehead atoms. The van der Waals surface area contributed by atoms with Gasteiger partial charge >= 0.3 is 0 Å². The summed E-state index contributed by atoms with van der Waals surface area (Å²) in [5.74, 6) is -0.323. The van der Waals surface area contributed by atoms with Crippen LogP contribution in [-0.4, -0.2) is 41.9 Å². The van der Waals surface area contributed by atoms with Crippen LogP contribution in [0.3, 0.4) is 0 Å². The van der Waals surface area contributed by atoms with Gasteiger partial charge in [-0.15, -0.1) is 0 Å². The molecule has 0 radical (unpaired) electrons. The maximum absolute atomic E-state index is 13.7. The molecule has 2 heterocycles. The predicted octanol–water partition coefficient (Wildman–Crippen LogP) is 2.06. The minimum absolute atomic E-state index is 0.0813. The second-order valence-electron chi connectivity index (χ2n) is 6.20. The molecule has 0 spiro atoms. The van der Waals surface area contributed by atoms with Crippen molar-refractivity contribution in [1.82, 2.24) is 4.90 Å². The van der Waals surface area contributed by atoms with Crippen LogP contribution >= 0.6 is 0 Å². The van der Waals surface area contributed by atoms with Crippen LogP contribution in [-0.2, 0) is 11.3 Å². The first kappa shape index (κ1) is 15.4. The van der Waals surface area contributed by atoms with Crippen molar-refractivity contribution in [1.29, 1.82) is 5.26 Å². The zero-order valence-electron chi connectivity index (χ0n) is 12.5. The minimum Gasteiger partial charge on any atom is -0.393 e. The number of aliphatic hydroxyl groups is 1. The number of halogens is 1. The number of likely N-dealkylation sites (tertiary alicyclic amines) is 1. The Labute approximate surface area is 130 Å². The highest BCUT2D eigenvalue weighted by Crippen LogP contribution is 2.31. The highest BCUT2D eigenvalue weighted by molar-refractivity contribution is 5.33. The van der Waals surface area contributed by atoms with Gasteiger partial charge in [-0.05, 0) is 43.5 Å². The summed E-state index contributed by atoms with van der Waals surface area (Å²) in [6.45, 7) is 2.83. The molecule has 4 nitrogen and oxygen atoms in total. The molecule has 5 heteroatoms. The smallest absolute Gasteiger partial charge is 0.141 e. The first-order valence-corrected chi connectivity index (χ1v) is 7.87. The zero-order valence-corrected chi connectivity index (χ0v) is 12.5. The number of nitriles is 1. The molecular weight excluding hydrogens is 283 g/mol. The van der Waals surface area contributed by atoms with Gasteiger partial charge in [0.1, 0.15) is 11.9 Å². The van der Waals surface area contributed by atoms with Crippen LogP contribution < -0.4 is 0 Å². The van der Waals surface area contributed by atoms with Crippen molar-refractivity contribution < 1.29 is 14.2 Å². The number of benzene rings is 1. The van der Waals surface area contributed by atoms with Crippen LogP contribution in [0.4, 0.5) is 4.39 Å². The summed E-state index contributed by atoms with van der Waals surface area (Å²) in [7, 11) is 0. The number of rotatable bonds is 3. The Hall–Kier alpha value is -1.48. The van der Waals surface area contributed by atoms with Gasteiger partial charge in [-0.2, -0.15) is 5.26 Å². The second kappa shape index (κ2) is 6.74. The molecule has 3 unspecified atom stereocenters. The molecule has 1 aromatic carbocycles. The molecule has 2 saturated heterocycles. The van der Waals surface area contributed by atoms with E-state index in [4.69, 9.17) is 10.00 Å². The van der Waals surface area contributed by atoms with Gasteiger partial charge in [0.25, 0.3) is 0 Å². The molecule has 22 heavy (non-hydrogen) atoms. The van der Waals surface area contributed by atoms with Gasteiger partial charge < -0.3 is 9.84 Å². The number of aliphatic hydroxyl groups excluding tert-OH is 1. The van der Waals surface area contributed by atoms with Crippen molar-refractivity contribution in [3.63, 3.8) is 0 Å². The van der Waals surface area contributed by atoms with Crippen molar-refractivity contribution in [2.75, 3.05) is 19.8 Å². The van der Waals surface area contributed by atoms with Gasteiger partial charge in [0.05, 0.1) is 18.3 Å². The molecular formula is C17H21FN2O2. The van der Waals surface area contributed by atoms with Gasteiger partial charge in [0.2, 0.25) is 0 Å². The summed E-state index contributed by atoms with van der Waals surface area (Å²) >= 11 is 0. The molecule has 3 atom stereocenters. The SMILES string of the molecule is N#Cc1ccc(CN2CCCC2C2COCCC2O)cc1F. The molecule has 0 aromatic heterocycles. The van der Waals surface area contributed by atoms with Gasteiger partial charge in [0.15, 0.2) is 0 Å². The van der Waals surface area contributed by atoms with Gasteiger partial charge in [-0.1, -0.05) is 6.07 Å². The van der Waals surface area contributed by atoms with Crippen molar-refractivity contribution in [2.45, 2.75) is 38.0 Å². The molecule has 2 aliphatic rings. The molecule has 1 aromatic rings. The summed E-state index contributed by atoms with van der Waals surface area (Å²) in [4.78, 5) is 2.31. The summed E-state index contributed by atoms with van der Waals surface area (Å²) < 4.78 is 19.3. The summed E-state index contributed by atoms with van der Waals surface area (Å²) in [5.41, 5.74) is 0.951. The topological polar surface area (TPSA) is 56.5 Å². The van der Waals surface area contributed by atoms with E-state index in [1.807, 2.05) is 12.1 Å². The lowest BCUT2D eigenvalue weighted by Gasteiger charge is -2.37. The fraction of sp³-hybridized carbons (Fsp3) is 0.588. The Morgan fingerprint density at radius 2 is 2.27 bits per heavy atom. The van der Waals surface area contributed by atoms with Crippen molar-refractivity contribution >= 4 is 0 Å². The van der Waals surface area contributed by atoms with Crippen LogP contribution in [0.15, 0.2) is 18.2 Å². The monoisotopic (exact) mass is 304 g/mol. The molecule has 2 aliphatic heterocycles. The van der Waals surface area contributed by atoms with Gasteiger partial charge in [0, 0.05) is 25.1 Å². The Morgan fingerprint density at radius 1 is 1.41 bits per heavy atom. The standard InChI is InChI=1S/C17H21FN2O2/c18-15-8-12(3-4-13(15)9-19)10-20-6-1-2-16(20)14-11-22-7-5-17(14)21/h3-4,8,14,16-17,21H,1-2,5-7,10-11H2. The van der Waals surface area contributed by atoms with E-state index in [2.05, 4.69) is 4.90 Å². The van der Waals surface area contributed by atoms with E-state index in [0.29, 0.717) is 26.2 Å². The van der Waals surface area contributed by atoms with Crippen LogP contribution in [0.5, 0.6) is 0 Å². The van der Waals surface area contributed by atoms with E-state index >= 15 is 0 Å². The first-order chi connectivity index (χ1) is 10.7. The van der Waals surface area contributed by atoms with Crippen LogP contribution in [0.1, 0.15) is 30.4 Å². The number of hydrogen-bond acceptors (Lipinski definition) is 4. The minimum atomic E-state index is -0.461. The third-order valence-electron chi connectivity index (χ3n) is 4.81. The van der Waals surface area contributed by atoms with Crippen LogP contribution in [0, 0.1) is 23.1 Å². The maximum Gasteiger partial charge on any atom is 0.141 e. The van der Waals surface area contributed by atoms with Crippen LogP contribution in [0.25, 0.3) is 0 Å². The summed E-state index contributed by atoms with van der Waals surface area (Å²) in [6.07, 6.45) is 2.52. The molecule has 0 aliphatic carbocycles. The maximum atomic E-state index is 13.7. The molecule has 3 rings (SSSR count). The predicted molar refractivity (Wildman–Crippen MR) is 79.5 cm³/mol. The normalized spacial score (nSPS) is 29.4. The molecule has 118 valence electrons. The molecule has 0 saturated carbocycles. The number of ether oxygens (including phenoxy) is 1. The molecule has 1 N–H and O–H groups in total. The second-order valence-corrected chi connectivity index (χ2v) is 6.20. The molecule has 0 amide bonds. The van der Waals surface area contributed by atoms with Gasteiger partial charge in [-0.25, -0.2) is 4.39 Å². The Morgan fingerprint density at radius 3 is 3.00 bits per heavy atom. The summed E-state index contributed by atoms with van der Waals surface area (Å²) in [5, 5.41) is 19.0. The largest absolute Gasteiger partial charge is 0.393 e. The fourth-order valence-electron chi connectivity index (χ4n) is 3.63.